The van der Waals surface area contributed by atoms with Gasteiger partial charge >= 0.3 is 0 Å². The van der Waals surface area contributed by atoms with Crippen LogP contribution in [0, 0.1) is 0 Å². The summed E-state index contributed by atoms with van der Waals surface area (Å²) in [6.07, 6.45) is 1.64. The molecule has 7 heteroatoms. The van der Waals surface area contributed by atoms with Crippen LogP contribution < -0.4 is 0 Å². The quantitative estimate of drug-likeness (QED) is 0.872. The van der Waals surface area contributed by atoms with Gasteiger partial charge in [0.25, 0.3) is 0 Å². The zero-order valence-electron chi connectivity index (χ0n) is 11.0. The molecule has 1 saturated heterocycles. The second kappa shape index (κ2) is 5.73. The Hall–Kier alpha value is -1.08. The number of thiazole rings is 1. The molecule has 5 nitrogen and oxygen atoms in total. The fourth-order valence-electron chi connectivity index (χ4n) is 2.26. The first-order valence-electron chi connectivity index (χ1n) is 6.32. The third-order valence-corrected chi connectivity index (χ3v) is 4.71. The smallest absolute Gasteiger partial charge is 0.151 e. The van der Waals surface area contributed by atoms with E-state index in [0.717, 1.165) is 29.2 Å². The Morgan fingerprint density at radius 1 is 1.25 bits per heavy atom. The molecule has 2 aromatic rings. The Morgan fingerprint density at radius 2 is 2.05 bits per heavy atom. The first-order valence-corrected chi connectivity index (χ1v) is 7.58. The fraction of sp³-hybridized carbons (Fsp3) is 0.462. The molecule has 0 spiro atoms. The lowest BCUT2D eigenvalue weighted by atomic mass is 9.95. The van der Waals surface area contributed by atoms with Gasteiger partial charge in [-0.15, -0.1) is 21.5 Å². The first-order chi connectivity index (χ1) is 9.73. The van der Waals surface area contributed by atoms with Crippen LogP contribution in [0.1, 0.15) is 17.8 Å². The molecule has 3 heterocycles. The summed E-state index contributed by atoms with van der Waals surface area (Å²) in [5, 5.41) is 11.2. The number of nitrogens with zero attached hydrogens (tertiary/aromatic N) is 3. The SMILES string of the molecule is COC1(c2nc(-c3ccc(Cl)nn3)cs2)CCOCC1. The van der Waals surface area contributed by atoms with Gasteiger partial charge in [-0.2, -0.15) is 0 Å². The summed E-state index contributed by atoms with van der Waals surface area (Å²) in [4.78, 5) is 4.67. The van der Waals surface area contributed by atoms with Gasteiger partial charge in [0.05, 0.1) is 0 Å². The molecular weight excluding hydrogens is 298 g/mol. The van der Waals surface area contributed by atoms with E-state index in [1.165, 1.54) is 0 Å². The predicted octanol–water partition coefficient (Wildman–Crippen LogP) is 2.91. The third kappa shape index (κ3) is 2.56. The molecule has 1 aliphatic heterocycles. The maximum absolute atomic E-state index is 5.75. The second-order valence-corrected chi connectivity index (χ2v) is 5.84. The molecule has 0 unspecified atom stereocenters. The summed E-state index contributed by atoms with van der Waals surface area (Å²) in [6, 6.07) is 3.53. The largest absolute Gasteiger partial charge is 0.381 e. The van der Waals surface area contributed by atoms with E-state index < -0.39 is 0 Å². The van der Waals surface area contributed by atoms with E-state index in [1.54, 1.807) is 24.5 Å². The van der Waals surface area contributed by atoms with Crippen molar-refractivity contribution in [2.24, 2.45) is 0 Å². The minimum Gasteiger partial charge on any atom is -0.381 e. The highest BCUT2D eigenvalue weighted by Gasteiger charge is 2.37. The summed E-state index contributed by atoms with van der Waals surface area (Å²) in [6.45, 7) is 1.40. The molecule has 0 N–H and O–H groups in total. The summed E-state index contributed by atoms with van der Waals surface area (Å²) in [7, 11) is 1.73. The van der Waals surface area contributed by atoms with E-state index in [0.29, 0.717) is 18.4 Å². The van der Waals surface area contributed by atoms with Crippen molar-refractivity contribution in [2.45, 2.75) is 18.4 Å². The minimum atomic E-state index is -0.332. The summed E-state index contributed by atoms with van der Waals surface area (Å²) in [5.41, 5.74) is 1.19. The summed E-state index contributed by atoms with van der Waals surface area (Å²) >= 11 is 7.33. The summed E-state index contributed by atoms with van der Waals surface area (Å²) < 4.78 is 11.2. The van der Waals surface area contributed by atoms with E-state index in [-0.39, 0.29) is 5.60 Å². The third-order valence-electron chi connectivity index (χ3n) is 3.48. The number of rotatable bonds is 3. The van der Waals surface area contributed by atoms with Gasteiger partial charge in [-0.3, -0.25) is 0 Å². The number of hydrogen-bond donors (Lipinski definition) is 0. The van der Waals surface area contributed by atoms with Gasteiger partial charge < -0.3 is 9.47 Å². The zero-order valence-corrected chi connectivity index (χ0v) is 12.6. The standard InChI is InChI=1S/C13H14ClN3O2S/c1-18-13(4-6-19-7-5-13)12-15-10(8-20-12)9-2-3-11(14)17-16-9/h2-3,8H,4-7H2,1H3. The Balaban J connectivity index is 1.91. The number of methoxy groups -OCH3 is 1. The van der Waals surface area contributed by atoms with Crippen molar-refractivity contribution in [1.82, 2.24) is 15.2 Å². The van der Waals surface area contributed by atoms with Gasteiger partial charge in [-0.1, -0.05) is 11.6 Å². The van der Waals surface area contributed by atoms with Crippen molar-refractivity contribution in [2.75, 3.05) is 20.3 Å². The lowest BCUT2D eigenvalue weighted by molar-refractivity contribution is -0.0947. The van der Waals surface area contributed by atoms with Crippen LogP contribution in [0.25, 0.3) is 11.4 Å². The molecule has 0 atom stereocenters. The molecule has 0 radical (unpaired) electrons. The van der Waals surface area contributed by atoms with Crippen molar-refractivity contribution in [3.63, 3.8) is 0 Å². The van der Waals surface area contributed by atoms with Crippen LogP contribution in [-0.2, 0) is 15.1 Å². The van der Waals surface area contributed by atoms with Crippen LogP contribution in [0.4, 0.5) is 0 Å². The van der Waals surface area contributed by atoms with Gasteiger partial charge in [0.1, 0.15) is 22.0 Å². The monoisotopic (exact) mass is 311 g/mol. The van der Waals surface area contributed by atoms with Gasteiger partial charge in [-0.25, -0.2) is 4.98 Å². The fourth-order valence-corrected chi connectivity index (χ4v) is 3.41. The number of aromatic nitrogens is 3. The van der Waals surface area contributed by atoms with E-state index in [9.17, 15) is 0 Å². The van der Waals surface area contributed by atoms with Crippen molar-refractivity contribution in [3.05, 3.63) is 27.7 Å². The van der Waals surface area contributed by atoms with Crippen LogP contribution in [0.3, 0.4) is 0 Å². The van der Waals surface area contributed by atoms with Crippen molar-refractivity contribution in [3.8, 4) is 11.4 Å². The van der Waals surface area contributed by atoms with Crippen molar-refractivity contribution >= 4 is 22.9 Å². The molecule has 3 rings (SSSR count). The second-order valence-electron chi connectivity index (χ2n) is 4.59. The molecule has 0 amide bonds. The van der Waals surface area contributed by atoms with Crippen molar-refractivity contribution < 1.29 is 9.47 Å². The van der Waals surface area contributed by atoms with Crippen LogP contribution in [0.2, 0.25) is 5.15 Å². The van der Waals surface area contributed by atoms with Gasteiger partial charge in [0.15, 0.2) is 5.15 Å². The van der Waals surface area contributed by atoms with Gasteiger partial charge in [-0.05, 0) is 12.1 Å². The summed E-state index contributed by atoms with van der Waals surface area (Å²) in [5.74, 6) is 0. The topological polar surface area (TPSA) is 57.1 Å². The maximum Gasteiger partial charge on any atom is 0.151 e. The highest BCUT2D eigenvalue weighted by Crippen LogP contribution is 2.38. The Kier molecular flexibility index (Phi) is 3.98. The zero-order chi connectivity index (χ0) is 14.0. The van der Waals surface area contributed by atoms with Gasteiger partial charge in [0.2, 0.25) is 0 Å². The number of ether oxygens (including phenoxy) is 2. The molecule has 20 heavy (non-hydrogen) atoms. The van der Waals surface area contributed by atoms with E-state index in [4.69, 9.17) is 21.1 Å². The number of halogens is 1. The Morgan fingerprint density at radius 3 is 2.70 bits per heavy atom. The van der Waals surface area contributed by atoms with E-state index in [1.807, 2.05) is 11.4 Å². The molecular formula is C13H14ClN3O2S. The lowest BCUT2D eigenvalue weighted by Gasteiger charge is -2.33. The first kappa shape index (κ1) is 13.9. The lowest BCUT2D eigenvalue weighted by Crippen LogP contribution is -2.35. The molecule has 0 aliphatic carbocycles. The molecule has 0 bridgehead atoms. The molecule has 0 saturated carbocycles. The Bertz CT molecular complexity index is 582. The van der Waals surface area contributed by atoms with Crippen LogP contribution in [0.5, 0.6) is 0 Å². The Labute approximate surface area is 125 Å². The molecule has 1 fully saturated rings. The molecule has 0 aromatic carbocycles. The molecule has 2 aromatic heterocycles. The van der Waals surface area contributed by atoms with Crippen LogP contribution in [-0.4, -0.2) is 35.5 Å². The van der Waals surface area contributed by atoms with Crippen molar-refractivity contribution in [1.29, 1.82) is 0 Å². The van der Waals surface area contributed by atoms with Crippen LogP contribution in [0.15, 0.2) is 17.5 Å². The normalized spacial score (nSPS) is 18.1. The van der Waals surface area contributed by atoms with E-state index in [2.05, 4.69) is 15.2 Å². The maximum atomic E-state index is 5.75. The molecule has 1 aliphatic rings. The average Bonchev–Trinajstić information content (AvgIpc) is 2.99. The highest BCUT2D eigenvalue weighted by atomic mass is 35.5. The highest BCUT2D eigenvalue weighted by molar-refractivity contribution is 7.10. The van der Waals surface area contributed by atoms with E-state index >= 15 is 0 Å². The number of hydrogen-bond acceptors (Lipinski definition) is 6. The van der Waals surface area contributed by atoms with Gasteiger partial charge in [0, 0.05) is 38.5 Å². The average molecular weight is 312 g/mol. The minimum absolute atomic E-state index is 0.332. The predicted molar refractivity (Wildman–Crippen MR) is 76.9 cm³/mol. The molecule has 106 valence electrons. The van der Waals surface area contributed by atoms with Crippen LogP contribution >= 0.6 is 22.9 Å².